The zero-order valence-electron chi connectivity index (χ0n) is 7.62. The first kappa shape index (κ1) is 9.27. The first-order valence-corrected chi connectivity index (χ1v) is 4.90. The van der Waals surface area contributed by atoms with Crippen molar-refractivity contribution in [3.63, 3.8) is 0 Å². The monoisotopic (exact) mass is 252 g/mol. The third-order valence-electron chi connectivity index (χ3n) is 2.06. The lowest BCUT2D eigenvalue weighted by Gasteiger charge is -2.08. The fraction of sp³-hybridized carbons (Fsp3) is 0.100. The first-order chi connectivity index (χ1) is 6.74. The van der Waals surface area contributed by atoms with E-state index in [9.17, 15) is 0 Å². The maximum absolute atomic E-state index is 5.86. The van der Waals surface area contributed by atoms with Crippen molar-refractivity contribution in [1.29, 1.82) is 0 Å². The van der Waals surface area contributed by atoms with Crippen molar-refractivity contribution in [3.05, 3.63) is 28.9 Å². The van der Waals surface area contributed by atoms with Gasteiger partial charge in [-0.15, -0.1) is 0 Å². The number of methoxy groups -OCH3 is 1. The van der Waals surface area contributed by atoms with Gasteiger partial charge in [0, 0.05) is 16.4 Å². The molecule has 4 heteroatoms. The minimum Gasteiger partial charge on any atom is -0.496 e. The number of hydrogen-bond acceptors (Lipinski definition) is 3. The van der Waals surface area contributed by atoms with Crippen LogP contribution in [0.2, 0.25) is 0 Å². The average molecular weight is 253 g/mol. The van der Waals surface area contributed by atoms with Crippen LogP contribution in [0.25, 0.3) is 10.9 Å². The van der Waals surface area contributed by atoms with Gasteiger partial charge in [-0.2, -0.15) is 0 Å². The van der Waals surface area contributed by atoms with E-state index in [0.717, 1.165) is 21.1 Å². The Morgan fingerprint density at radius 1 is 1.36 bits per heavy atom. The summed E-state index contributed by atoms with van der Waals surface area (Å²) >= 11 is 3.42. The third-order valence-corrected chi connectivity index (χ3v) is 2.70. The molecule has 1 aromatic carbocycles. The number of anilines is 1. The predicted octanol–water partition coefficient (Wildman–Crippen LogP) is 2.59. The maximum Gasteiger partial charge on any atom is 0.130 e. The molecule has 0 spiro atoms. The van der Waals surface area contributed by atoms with Crippen LogP contribution >= 0.6 is 15.9 Å². The van der Waals surface area contributed by atoms with Crippen molar-refractivity contribution >= 4 is 32.5 Å². The van der Waals surface area contributed by atoms with E-state index in [-0.39, 0.29) is 0 Å². The summed E-state index contributed by atoms with van der Waals surface area (Å²) in [5.41, 5.74) is 7.36. The first-order valence-electron chi connectivity index (χ1n) is 4.10. The number of hydrogen-bond donors (Lipinski definition) is 1. The molecule has 2 aromatic rings. The number of benzene rings is 1. The Hall–Kier alpha value is -1.29. The van der Waals surface area contributed by atoms with Crippen LogP contribution in [0.15, 0.2) is 28.9 Å². The van der Waals surface area contributed by atoms with Crippen LogP contribution in [-0.2, 0) is 0 Å². The van der Waals surface area contributed by atoms with Gasteiger partial charge in [0.2, 0.25) is 0 Å². The Balaban J connectivity index is 2.92. The molecule has 0 aliphatic carbocycles. The number of ether oxygens (including phenoxy) is 1. The molecule has 0 saturated heterocycles. The van der Waals surface area contributed by atoms with E-state index in [1.54, 1.807) is 19.4 Å². The molecule has 0 aliphatic rings. The minimum absolute atomic E-state index is 0.674. The van der Waals surface area contributed by atoms with Gasteiger partial charge < -0.3 is 10.5 Å². The molecule has 0 fully saturated rings. The number of nitrogens with zero attached hydrogens (tertiary/aromatic N) is 1. The Bertz CT molecular complexity index is 485. The second-order valence-electron chi connectivity index (χ2n) is 2.87. The molecule has 72 valence electrons. The van der Waals surface area contributed by atoms with E-state index < -0.39 is 0 Å². The fourth-order valence-corrected chi connectivity index (χ4v) is 1.83. The molecule has 0 atom stereocenters. The van der Waals surface area contributed by atoms with Gasteiger partial charge in [-0.25, -0.2) is 0 Å². The van der Waals surface area contributed by atoms with Crippen molar-refractivity contribution in [1.82, 2.24) is 4.98 Å². The number of pyridine rings is 1. The van der Waals surface area contributed by atoms with Gasteiger partial charge in [0.25, 0.3) is 0 Å². The van der Waals surface area contributed by atoms with Gasteiger partial charge in [0.1, 0.15) is 5.75 Å². The van der Waals surface area contributed by atoms with Gasteiger partial charge in [0.15, 0.2) is 0 Å². The molecule has 14 heavy (non-hydrogen) atoms. The second kappa shape index (κ2) is 3.46. The van der Waals surface area contributed by atoms with Crippen molar-refractivity contribution in [3.8, 4) is 5.75 Å². The van der Waals surface area contributed by atoms with Crippen LogP contribution in [0.4, 0.5) is 5.69 Å². The third kappa shape index (κ3) is 1.32. The highest BCUT2D eigenvalue weighted by atomic mass is 79.9. The summed E-state index contributed by atoms with van der Waals surface area (Å²) in [5.74, 6) is 0.744. The molecule has 0 radical (unpaired) electrons. The van der Waals surface area contributed by atoms with Crippen LogP contribution in [0.5, 0.6) is 5.75 Å². The predicted molar refractivity (Wildman–Crippen MR) is 60.4 cm³/mol. The van der Waals surface area contributed by atoms with Crippen LogP contribution in [-0.4, -0.2) is 12.1 Å². The second-order valence-corrected chi connectivity index (χ2v) is 3.73. The zero-order valence-corrected chi connectivity index (χ0v) is 9.21. The molecule has 1 heterocycles. The summed E-state index contributed by atoms with van der Waals surface area (Å²) in [5, 5.41) is 0.851. The Morgan fingerprint density at radius 3 is 2.86 bits per heavy atom. The van der Waals surface area contributed by atoms with Crippen molar-refractivity contribution in [2.24, 2.45) is 0 Å². The number of nitrogens with two attached hydrogens (primary N) is 1. The standard InChI is InChI=1S/C10H9BrN2O/c1-14-8-3-2-6(11)10-9(8)7(12)4-5-13-10/h2-5H,1H3,(H2,12,13). The number of fused-ring (bicyclic) bond motifs is 1. The molecular weight excluding hydrogens is 244 g/mol. The molecule has 1 aromatic heterocycles. The molecule has 3 nitrogen and oxygen atoms in total. The van der Waals surface area contributed by atoms with E-state index in [1.807, 2.05) is 12.1 Å². The summed E-state index contributed by atoms with van der Waals surface area (Å²) in [6.45, 7) is 0. The largest absolute Gasteiger partial charge is 0.496 e. The zero-order chi connectivity index (χ0) is 10.1. The Kier molecular flexibility index (Phi) is 2.29. The van der Waals surface area contributed by atoms with E-state index in [4.69, 9.17) is 10.5 Å². The highest BCUT2D eigenvalue weighted by Gasteiger charge is 2.08. The Morgan fingerprint density at radius 2 is 2.14 bits per heavy atom. The summed E-state index contributed by atoms with van der Waals surface area (Å²) in [6.07, 6.45) is 1.68. The molecular formula is C10H9BrN2O. The summed E-state index contributed by atoms with van der Waals surface area (Å²) < 4.78 is 6.14. The number of halogens is 1. The molecule has 0 saturated carbocycles. The van der Waals surface area contributed by atoms with Crippen LogP contribution in [0, 0.1) is 0 Å². The van der Waals surface area contributed by atoms with Crippen LogP contribution in [0.1, 0.15) is 0 Å². The van der Waals surface area contributed by atoms with Gasteiger partial charge in [-0.1, -0.05) is 0 Å². The van der Waals surface area contributed by atoms with E-state index in [0.29, 0.717) is 5.69 Å². The molecule has 0 aliphatic heterocycles. The van der Waals surface area contributed by atoms with Crippen LogP contribution < -0.4 is 10.5 Å². The quantitative estimate of drug-likeness (QED) is 0.849. The van der Waals surface area contributed by atoms with E-state index in [2.05, 4.69) is 20.9 Å². The minimum atomic E-state index is 0.674. The van der Waals surface area contributed by atoms with Gasteiger partial charge in [-0.3, -0.25) is 4.98 Å². The van der Waals surface area contributed by atoms with Crippen molar-refractivity contribution in [2.45, 2.75) is 0 Å². The van der Waals surface area contributed by atoms with Gasteiger partial charge in [-0.05, 0) is 34.1 Å². The lowest BCUT2D eigenvalue weighted by Crippen LogP contribution is -1.93. The van der Waals surface area contributed by atoms with E-state index in [1.165, 1.54) is 0 Å². The van der Waals surface area contributed by atoms with Crippen molar-refractivity contribution < 1.29 is 4.74 Å². The summed E-state index contributed by atoms with van der Waals surface area (Å²) in [6, 6.07) is 5.52. The molecule has 0 amide bonds. The maximum atomic E-state index is 5.86. The smallest absolute Gasteiger partial charge is 0.130 e. The lowest BCUT2D eigenvalue weighted by atomic mass is 10.2. The number of rotatable bonds is 1. The SMILES string of the molecule is COc1ccc(Br)c2nccc(N)c12. The molecule has 2 rings (SSSR count). The highest BCUT2D eigenvalue weighted by molar-refractivity contribution is 9.10. The van der Waals surface area contributed by atoms with Crippen molar-refractivity contribution in [2.75, 3.05) is 12.8 Å². The highest BCUT2D eigenvalue weighted by Crippen LogP contribution is 2.33. The summed E-state index contributed by atoms with van der Waals surface area (Å²) in [7, 11) is 1.62. The molecule has 2 N–H and O–H groups in total. The molecule has 0 bridgehead atoms. The number of nitrogen functional groups attached to an aromatic ring is 1. The lowest BCUT2D eigenvalue weighted by molar-refractivity contribution is 0.420. The molecule has 0 unspecified atom stereocenters. The number of aromatic nitrogens is 1. The van der Waals surface area contributed by atoms with Gasteiger partial charge >= 0.3 is 0 Å². The fourth-order valence-electron chi connectivity index (χ4n) is 1.40. The van der Waals surface area contributed by atoms with E-state index >= 15 is 0 Å². The van der Waals surface area contributed by atoms with Crippen LogP contribution in [0.3, 0.4) is 0 Å². The average Bonchev–Trinajstić information content (AvgIpc) is 2.20. The topological polar surface area (TPSA) is 48.1 Å². The Labute approximate surface area is 90.0 Å². The normalized spacial score (nSPS) is 10.4. The summed E-state index contributed by atoms with van der Waals surface area (Å²) in [4.78, 5) is 4.24. The van der Waals surface area contributed by atoms with Gasteiger partial charge in [0.05, 0.1) is 18.0 Å².